The fourth-order valence-electron chi connectivity index (χ4n) is 4.63. The first-order chi connectivity index (χ1) is 12.1. The molecule has 0 aromatic rings. The van der Waals surface area contributed by atoms with Crippen molar-refractivity contribution in [3.8, 4) is 0 Å². The van der Waals surface area contributed by atoms with E-state index < -0.39 is 0 Å². The second-order valence-corrected chi connectivity index (χ2v) is 8.06. The predicted molar refractivity (Wildman–Crippen MR) is 103 cm³/mol. The molecule has 1 saturated carbocycles. The monoisotopic (exact) mass is 387 g/mol. The number of piperidine rings is 1. The first-order valence-corrected chi connectivity index (χ1v) is 9.98. The topological polar surface area (TPSA) is 75.9 Å². The molecule has 2 N–H and O–H groups in total. The fourth-order valence-corrected chi connectivity index (χ4v) is 4.63. The first-order valence-electron chi connectivity index (χ1n) is 9.98. The number of amides is 2. The Hall–Kier alpha value is -0.850. The van der Waals surface area contributed by atoms with E-state index in [9.17, 15) is 9.59 Å². The molecule has 1 aliphatic carbocycles. The molecule has 3 aliphatic rings. The van der Waals surface area contributed by atoms with Gasteiger partial charge in [-0.2, -0.15) is 0 Å². The van der Waals surface area contributed by atoms with Crippen molar-refractivity contribution in [2.24, 2.45) is 17.1 Å². The Balaban J connectivity index is 0.00000243. The molecule has 150 valence electrons. The van der Waals surface area contributed by atoms with Crippen LogP contribution in [0.5, 0.6) is 0 Å². The van der Waals surface area contributed by atoms with Gasteiger partial charge < -0.3 is 20.3 Å². The molecule has 1 unspecified atom stereocenters. The summed E-state index contributed by atoms with van der Waals surface area (Å²) in [5.74, 6) is 0.356. The van der Waals surface area contributed by atoms with Crippen molar-refractivity contribution >= 4 is 24.2 Å². The molecule has 2 saturated heterocycles. The van der Waals surface area contributed by atoms with E-state index in [1.54, 1.807) is 0 Å². The standard InChI is InChI=1S/C19H33N3O3.ClH/c20-15-19(6-2-1-3-7-19)13-17(23)22-8-4-5-16(14-22)18(24)21-9-11-25-12-10-21;/h16H,1-15,20H2;1H. The maximum absolute atomic E-state index is 12.9. The molecule has 2 aliphatic heterocycles. The Morgan fingerprint density at radius 1 is 1.00 bits per heavy atom. The number of nitrogens with two attached hydrogens (primary N) is 1. The van der Waals surface area contributed by atoms with Crippen molar-refractivity contribution in [1.29, 1.82) is 0 Å². The van der Waals surface area contributed by atoms with Gasteiger partial charge in [0.1, 0.15) is 0 Å². The van der Waals surface area contributed by atoms with Crippen molar-refractivity contribution in [3.05, 3.63) is 0 Å². The number of carbonyl (C=O) groups is 2. The number of halogens is 1. The number of hydrogen-bond donors (Lipinski definition) is 1. The van der Waals surface area contributed by atoms with Gasteiger partial charge in [0.2, 0.25) is 11.8 Å². The molecule has 26 heavy (non-hydrogen) atoms. The Labute approximate surface area is 163 Å². The molecule has 3 rings (SSSR count). The smallest absolute Gasteiger partial charge is 0.227 e. The Morgan fingerprint density at radius 2 is 1.69 bits per heavy atom. The van der Waals surface area contributed by atoms with Crippen LogP contribution in [0.4, 0.5) is 0 Å². The second kappa shape index (κ2) is 9.90. The number of morpholine rings is 1. The molecule has 0 aromatic heterocycles. The number of carbonyl (C=O) groups excluding carboxylic acids is 2. The zero-order chi connectivity index (χ0) is 17.7. The minimum atomic E-state index is -0.0454. The van der Waals surface area contributed by atoms with Crippen LogP contribution in [0.25, 0.3) is 0 Å². The number of ether oxygens (including phenoxy) is 1. The van der Waals surface area contributed by atoms with Crippen molar-refractivity contribution < 1.29 is 14.3 Å². The molecular formula is C19H34ClN3O3. The van der Waals surface area contributed by atoms with E-state index in [4.69, 9.17) is 10.5 Å². The molecule has 3 fully saturated rings. The third-order valence-corrected chi connectivity index (χ3v) is 6.32. The lowest BCUT2D eigenvalue weighted by Gasteiger charge is -2.40. The van der Waals surface area contributed by atoms with Crippen LogP contribution in [0, 0.1) is 11.3 Å². The van der Waals surface area contributed by atoms with E-state index >= 15 is 0 Å². The largest absolute Gasteiger partial charge is 0.378 e. The summed E-state index contributed by atoms with van der Waals surface area (Å²) in [6.07, 6.45) is 8.13. The van der Waals surface area contributed by atoms with E-state index in [1.165, 1.54) is 19.3 Å². The lowest BCUT2D eigenvalue weighted by Crippen LogP contribution is -2.50. The highest BCUT2D eigenvalue weighted by Crippen LogP contribution is 2.39. The Morgan fingerprint density at radius 3 is 2.35 bits per heavy atom. The molecule has 2 heterocycles. The molecule has 0 aromatic carbocycles. The molecule has 2 amide bonds. The van der Waals surface area contributed by atoms with Gasteiger partial charge in [-0.1, -0.05) is 19.3 Å². The molecule has 6 nitrogen and oxygen atoms in total. The van der Waals surface area contributed by atoms with E-state index in [0.717, 1.165) is 32.2 Å². The average Bonchev–Trinajstić information content (AvgIpc) is 2.69. The average molecular weight is 388 g/mol. The molecule has 0 spiro atoms. The quantitative estimate of drug-likeness (QED) is 0.798. The maximum Gasteiger partial charge on any atom is 0.227 e. The van der Waals surface area contributed by atoms with Gasteiger partial charge in [-0.3, -0.25) is 9.59 Å². The summed E-state index contributed by atoms with van der Waals surface area (Å²) < 4.78 is 5.33. The Bertz CT molecular complexity index is 477. The van der Waals surface area contributed by atoms with Crippen LogP contribution in [0.15, 0.2) is 0 Å². The van der Waals surface area contributed by atoms with Crippen LogP contribution < -0.4 is 5.73 Å². The SMILES string of the molecule is Cl.NCC1(CC(=O)N2CCCC(C(=O)N3CCOCC3)C2)CCCCC1. The highest BCUT2D eigenvalue weighted by Gasteiger charge is 2.37. The van der Waals surface area contributed by atoms with E-state index in [-0.39, 0.29) is 35.6 Å². The van der Waals surface area contributed by atoms with Crippen molar-refractivity contribution in [2.45, 2.75) is 51.4 Å². The maximum atomic E-state index is 12.9. The van der Waals surface area contributed by atoms with Gasteiger partial charge >= 0.3 is 0 Å². The van der Waals surface area contributed by atoms with Gasteiger partial charge in [0.15, 0.2) is 0 Å². The lowest BCUT2D eigenvalue weighted by molar-refractivity contribution is -0.144. The van der Waals surface area contributed by atoms with E-state index in [1.807, 2.05) is 9.80 Å². The third-order valence-electron chi connectivity index (χ3n) is 6.32. The van der Waals surface area contributed by atoms with Crippen molar-refractivity contribution in [3.63, 3.8) is 0 Å². The van der Waals surface area contributed by atoms with Gasteiger partial charge in [-0.05, 0) is 37.6 Å². The summed E-state index contributed by atoms with van der Waals surface area (Å²) in [6, 6.07) is 0. The van der Waals surface area contributed by atoms with Crippen LogP contribution in [0.1, 0.15) is 51.4 Å². The minimum absolute atomic E-state index is 0. The van der Waals surface area contributed by atoms with Gasteiger partial charge in [0.05, 0.1) is 19.1 Å². The third kappa shape index (κ3) is 5.11. The van der Waals surface area contributed by atoms with Crippen LogP contribution in [0.3, 0.4) is 0 Å². The molecule has 0 bridgehead atoms. The second-order valence-electron chi connectivity index (χ2n) is 8.06. The minimum Gasteiger partial charge on any atom is -0.378 e. The van der Waals surface area contributed by atoms with E-state index in [2.05, 4.69) is 0 Å². The molecular weight excluding hydrogens is 354 g/mol. The zero-order valence-electron chi connectivity index (χ0n) is 15.8. The van der Waals surface area contributed by atoms with Crippen molar-refractivity contribution in [1.82, 2.24) is 9.80 Å². The highest BCUT2D eigenvalue weighted by atomic mass is 35.5. The summed E-state index contributed by atoms with van der Waals surface area (Å²) in [6.45, 7) is 4.57. The van der Waals surface area contributed by atoms with Crippen molar-refractivity contribution in [2.75, 3.05) is 45.9 Å². The van der Waals surface area contributed by atoms with Crippen LogP contribution >= 0.6 is 12.4 Å². The number of hydrogen-bond acceptors (Lipinski definition) is 4. The normalized spacial score (nSPS) is 26.1. The molecule has 1 atom stereocenters. The lowest BCUT2D eigenvalue weighted by atomic mass is 9.71. The summed E-state index contributed by atoms with van der Waals surface area (Å²) in [5.41, 5.74) is 6.04. The van der Waals surface area contributed by atoms with Gasteiger partial charge in [0.25, 0.3) is 0 Å². The molecule has 7 heteroatoms. The Kier molecular flexibility index (Phi) is 8.17. The van der Waals surface area contributed by atoms with Gasteiger partial charge in [-0.25, -0.2) is 0 Å². The van der Waals surface area contributed by atoms with Crippen LogP contribution in [0.2, 0.25) is 0 Å². The zero-order valence-corrected chi connectivity index (χ0v) is 16.6. The van der Waals surface area contributed by atoms with Crippen LogP contribution in [-0.4, -0.2) is 67.6 Å². The summed E-state index contributed by atoms with van der Waals surface area (Å²) in [5, 5.41) is 0. The summed E-state index contributed by atoms with van der Waals surface area (Å²) >= 11 is 0. The number of likely N-dealkylation sites (tertiary alicyclic amines) is 1. The van der Waals surface area contributed by atoms with E-state index in [0.29, 0.717) is 45.8 Å². The first kappa shape index (κ1) is 21.5. The highest BCUT2D eigenvalue weighted by molar-refractivity contribution is 5.85. The number of nitrogens with zero attached hydrogens (tertiary/aromatic N) is 2. The number of rotatable bonds is 4. The predicted octanol–water partition coefficient (Wildman–Crippen LogP) is 1.80. The fraction of sp³-hybridized carbons (Fsp3) is 0.895. The molecule has 0 radical (unpaired) electrons. The summed E-state index contributed by atoms with van der Waals surface area (Å²) in [4.78, 5) is 29.5. The van der Waals surface area contributed by atoms with Crippen LogP contribution in [-0.2, 0) is 14.3 Å². The van der Waals surface area contributed by atoms with Gasteiger partial charge in [0, 0.05) is 32.6 Å². The summed E-state index contributed by atoms with van der Waals surface area (Å²) in [7, 11) is 0. The van der Waals surface area contributed by atoms with Gasteiger partial charge in [-0.15, -0.1) is 12.4 Å².